The smallest absolute Gasteiger partial charge is 0.342 e. The number of hydrogen-bond acceptors (Lipinski definition) is 29. The summed E-state index contributed by atoms with van der Waals surface area (Å²) < 4.78 is 29.7. The molecule has 3 fully saturated rings. The van der Waals surface area contributed by atoms with E-state index in [0.29, 0.717) is 0 Å². The highest BCUT2D eigenvalue weighted by atomic mass is 16.7. The Bertz CT molecular complexity index is 3630. The average molecular weight is 1420 g/mol. The molecule has 2 aliphatic carbocycles. The summed E-state index contributed by atoms with van der Waals surface area (Å²) in [6, 6.07) is 28.5. The van der Waals surface area contributed by atoms with Gasteiger partial charge >= 0.3 is 59.7 Å². The van der Waals surface area contributed by atoms with E-state index < -0.39 is 163 Å². The lowest BCUT2D eigenvalue weighted by Crippen LogP contribution is -2.61. The third-order valence-corrected chi connectivity index (χ3v) is 13.3. The summed E-state index contributed by atoms with van der Waals surface area (Å²) in [6.07, 6.45) is -22.5. The van der Waals surface area contributed by atoms with Gasteiger partial charge in [-0.15, -0.1) is 0 Å². The topological polar surface area (TPSA) is 645 Å². The van der Waals surface area contributed by atoms with Gasteiger partial charge in [0.15, 0.2) is 6.10 Å². The van der Waals surface area contributed by atoms with Crippen LogP contribution in [0, 0.1) is 11.8 Å². The van der Waals surface area contributed by atoms with Crippen molar-refractivity contribution in [3.8, 4) is 28.7 Å². The number of aliphatic carboxylic acids is 5. The summed E-state index contributed by atoms with van der Waals surface area (Å²) in [4.78, 5) is 129. The number of benzene rings is 5. The van der Waals surface area contributed by atoms with Crippen LogP contribution >= 0.6 is 0 Å². The number of carbonyl (C=O) groups is 12. The van der Waals surface area contributed by atoms with Crippen LogP contribution in [0.1, 0.15) is 92.3 Å². The van der Waals surface area contributed by atoms with E-state index in [-0.39, 0.29) is 69.4 Å². The maximum Gasteiger partial charge on any atom is 0.342 e. The quantitative estimate of drug-likeness (QED) is 0.0500. The van der Waals surface area contributed by atoms with Gasteiger partial charge in [0.1, 0.15) is 112 Å². The largest absolute Gasteiger partial charge is 0.507 e. The van der Waals surface area contributed by atoms with Crippen LogP contribution in [-0.4, -0.2) is 248 Å². The number of carbonyl (C=O) groups excluding carboxylic acids is 4. The number of aliphatic hydroxyl groups is 9. The van der Waals surface area contributed by atoms with Crippen LogP contribution in [0.5, 0.6) is 28.7 Å². The first-order chi connectivity index (χ1) is 46.7. The van der Waals surface area contributed by atoms with Crippen molar-refractivity contribution in [1.82, 2.24) is 0 Å². The normalized spacial score (nSPS) is 23.7. The average Bonchev–Trinajstić information content (AvgIpc) is 0.811. The zero-order valence-corrected chi connectivity index (χ0v) is 52.5. The Kier molecular flexibility index (Phi) is 34.3. The molecule has 8 rings (SSSR count). The fourth-order valence-corrected chi connectivity index (χ4v) is 8.60. The Balaban J connectivity index is 0.000000424. The highest BCUT2D eigenvalue weighted by Gasteiger charge is 2.50. The minimum absolute atomic E-state index is 0.0160. The second-order valence-electron chi connectivity index (χ2n) is 20.7. The predicted molar refractivity (Wildman–Crippen MR) is 327 cm³/mol. The van der Waals surface area contributed by atoms with Crippen molar-refractivity contribution in [3.63, 3.8) is 0 Å². The number of ether oxygens (including phenoxy) is 6. The van der Waals surface area contributed by atoms with Crippen molar-refractivity contribution in [3.05, 3.63) is 149 Å². The van der Waals surface area contributed by atoms with Crippen LogP contribution in [0.15, 0.2) is 121 Å². The van der Waals surface area contributed by atoms with Gasteiger partial charge in [-0.2, -0.15) is 0 Å². The van der Waals surface area contributed by atoms with Crippen molar-refractivity contribution < 1.29 is 183 Å². The fraction of sp³-hybridized carbons (Fsp3) is 0.333. The molecule has 6 unspecified atom stereocenters. The number of hydrogen-bond donors (Lipinski definition) is 19. The number of carboxylic acids is 8. The molecule has 15 atom stereocenters. The van der Waals surface area contributed by atoms with E-state index in [1.807, 2.05) is 0 Å². The second kappa shape index (κ2) is 40.5. The van der Waals surface area contributed by atoms with E-state index in [2.05, 4.69) is 4.74 Å². The van der Waals surface area contributed by atoms with Gasteiger partial charge < -0.3 is 125 Å². The molecule has 1 heterocycles. The summed E-state index contributed by atoms with van der Waals surface area (Å²) >= 11 is 0. The number of aliphatic hydroxyl groups excluding tert-OH is 9. The molecule has 37 nitrogen and oxygen atoms in total. The third kappa shape index (κ3) is 26.3. The molecule has 1 aliphatic heterocycles. The Morgan fingerprint density at radius 3 is 0.990 bits per heavy atom. The van der Waals surface area contributed by atoms with Gasteiger partial charge in [-0.05, 0) is 60.7 Å². The SMILES string of the molecule is CC(=O)O.CC(=O)O.CC(=O)Oc1ccccc1C(=O)O.CC(=O)Oc1ccccc1C(=O)O[C@@H]1CC(C(=O)O)C(O)[C@@H](O)[C@@H]1O.O=C(O)c1ccccc1O.O=C(O)c1ccccc1O[C@@H]1OC(C(=O)O)C(O)[C@@H](O)[C@@H]1O.O=C(O[C@@H]1CC(C(=O)O)C(O)[C@@H](O)[C@@H]1O)c1ccccc1O. The number of esters is 4. The number of para-hydroxylation sites is 5. The molecular formula is C63H70O37. The lowest BCUT2D eigenvalue weighted by molar-refractivity contribution is -0.271. The van der Waals surface area contributed by atoms with Crippen LogP contribution < -0.4 is 14.2 Å². The summed E-state index contributed by atoms with van der Waals surface area (Å²) in [5.74, 6) is -16.1. The van der Waals surface area contributed by atoms with Crippen LogP contribution in [0.2, 0.25) is 0 Å². The van der Waals surface area contributed by atoms with Crippen molar-refractivity contribution in [1.29, 1.82) is 0 Å². The molecule has 0 spiro atoms. The van der Waals surface area contributed by atoms with Gasteiger partial charge in [-0.25, -0.2) is 28.8 Å². The zero-order chi connectivity index (χ0) is 76.2. The fourth-order valence-electron chi connectivity index (χ4n) is 8.60. The monoisotopic (exact) mass is 1420 g/mol. The van der Waals surface area contributed by atoms with E-state index in [9.17, 15) is 99.0 Å². The van der Waals surface area contributed by atoms with Crippen molar-refractivity contribution >= 4 is 71.6 Å². The zero-order valence-electron chi connectivity index (χ0n) is 52.5. The second-order valence-corrected chi connectivity index (χ2v) is 20.7. The first kappa shape index (κ1) is 84.8. The Morgan fingerprint density at radius 1 is 0.350 bits per heavy atom. The summed E-state index contributed by atoms with van der Waals surface area (Å²) in [6.45, 7) is 4.54. The maximum absolute atomic E-state index is 12.3. The number of rotatable bonds is 14. The molecule has 1 saturated heterocycles. The van der Waals surface area contributed by atoms with Crippen molar-refractivity contribution in [2.24, 2.45) is 11.8 Å². The molecule has 37 heteroatoms. The number of aromatic hydroxyl groups is 2. The van der Waals surface area contributed by atoms with E-state index in [1.165, 1.54) is 104 Å². The van der Waals surface area contributed by atoms with Gasteiger partial charge in [0.25, 0.3) is 11.9 Å². The van der Waals surface area contributed by atoms with E-state index in [1.54, 1.807) is 24.3 Å². The van der Waals surface area contributed by atoms with Gasteiger partial charge in [-0.3, -0.25) is 28.8 Å². The highest BCUT2D eigenvalue weighted by molar-refractivity contribution is 5.95. The molecule has 5 aromatic carbocycles. The van der Waals surface area contributed by atoms with Crippen LogP contribution in [0.25, 0.3) is 0 Å². The summed E-state index contributed by atoms with van der Waals surface area (Å²) in [7, 11) is 0. The first-order valence-electron chi connectivity index (χ1n) is 28.5. The van der Waals surface area contributed by atoms with Gasteiger partial charge in [-0.1, -0.05) is 60.7 Å². The summed E-state index contributed by atoms with van der Waals surface area (Å²) in [5.41, 5.74) is -0.564. The third-order valence-electron chi connectivity index (χ3n) is 13.3. The summed E-state index contributed by atoms with van der Waals surface area (Å²) in [5, 5.41) is 174. The molecule has 2 saturated carbocycles. The van der Waals surface area contributed by atoms with Gasteiger partial charge in [0, 0.05) is 40.5 Å². The molecule has 0 bridgehead atoms. The molecule has 544 valence electrons. The molecular weight excluding hydrogens is 1350 g/mol. The first-order valence-corrected chi connectivity index (χ1v) is 28.5. The van der Waals surface area contributed by atoms with E-state index >= 15 is 0 Å². The molecule has 0 aromatic heterocycles. The number of carboxylic acid groups (broad SMARTS) is 8. The molecule has 100 heavy (non-hydrogen) atoms. The van der Waals surface area contributed by atoms with Crippen molar-refractivity contribution in [2.45, 2.75) is 120 Å². The maximum atomic E-state index is 12.3. The lowest BCUT2D eigenvalue weighted by atomic mass is 9.81. The van der Waals surface area contributed by atoms with E-state index in [4.69, 9.17) is 79.2 Å². The minimum atomic E-state index is -1.85. The Labute approximate surface area is 562 Å². The molecule has 5 aromatic rings. The predicted octanol–water partition coefficient (Wildman–Crippen LogP) is -0.333. The van der Waals surface area contributed by atoms with Gasteiger partial charge in [0.05, 0.1) is 24.0 Å². The number of aromatic carboxylic acids is 3. The number of phenolic OH excluding ortho intramolecular Hbond substituents is 1. The Morgan fingerprint density at radius 2 is 0.650 bits per heavy atom. The Hall–Kier alpha value is -11.3. The molecule has 19 N–H and O–H groups in total. The van der Waals surface area contributed by atoms with Crippen LogP contribution in [0.4, 0.5) is 0 Å². The minimum Gasteiger partial charge on any atom is -0.507 e. The van der Waals surface area contributed by atoms with Crippen LogP contribution in [0.3, 0.4) is 0 Å². The van der Waals surface area contributed by atoms with Crippen molar-refractivity contribution in [2.75, 3.05) is 0 Å². The highest BCUT2D eigenvalue weighted by Crippen LogP contribution is 2.33. The van der Waals surface area contributed by atoms with Crippen LogP contribution in [-0.2, 0) is 47.8 Å². The molecule has 3 aliphatic rings. The lowest BCUT2D eigenvalue weighted by Gasteiger charge is -2.38. The van der Waals surface area contributed by atoms with E-state index in [0.717, 1.165) is 20.8 Å². The number of phenols is 2. The molecule has 0 amide bonds. The standard InChI is InChI=1S/C16H18O9.C14H16O8.C13H14O9.C9H8O4.C7H6O3.2C2H4O2/c1-7(17)24-10-5-3-2-4-8(10)16(23)25-11-6-9(15(21)22)12(18)14(20)13(11)19;15-8-4-2-1-3-6(8)14(21)22-9-5-7(13(19)20)10(16)12(18)11(9)17;14-7-8(15)10(12(19)20)22-13(9(7)16)21-6-4-2-1-3-5(6)11(17)18;1-6(10)13-8-5-3-2-4-7(8)9(11)12;8-6-4-2-1-3-5(6)7(9)10;2*1-2(3)4/h2-5,9,11-14,18-20H,6H2,1H3,(H,21,22);1-4,7,9-12,15-18H,5H2,(H,19,20);1-4,7-10,13-16H,(H,17,18)(H,19,20);2-5H,1H3,(H,11,12);1-4,8H,(H,9,10);2*1H3,(H,3,4)/t9?,11-,12?,13-,14-;7?,9-,10?,11-,12-;7-,8?,9+,10?,13-;;;;/m111..../s1. The molecule has 0 radical (unpaired) electrons. The van der Waals surface area contributed by atoms with Gasteiger partial charge in [0.2, 0.25) is 6.29 Å².